The van der Waals surface area contributed by atoms with Crippen LogP contribution in [-0.4, -0.2) is 78.2 Å². The first kappa shape index (κ1) is 19.9. The van der Waals surface area contributed by atoms with Crippen LogP contribution in [0.25, 0.3) is 11.0 Å². The Kier molecular flexibility index (Phi) is 5.19. The second kappa shape index (κ2) is 7.81. The molecule has 0 saturated carbocycles. The maximum absolute atomic E-state index is 13.0. The standard InChI is InChI=1S/C21H23N3O6/c1-13-15-11-14(29-2)3-4-16(15)30-20(13)21(28)23-9-7-22(8-10-23)19(27)12-24-17(25)5-6-18(24)26/h3-4,11H,5-10,12H2,1-2H3. The lowest BCUT2D eigenvalue weighted by molar-refractivity contribution is -0.146. The Balaban J connectivity index is 1.40. The van der Waals surface area contributed by atoms with Crippen molar-refractivity contribution < 1.29 is 28.3 Å². The van der Waals surface area contributed by atoms with Crippen molar-refractivity contribution in [3.8, 4) is 5.75 Å². The molecule has 9 nitrogen and oxygen atoms in total. The van der Waals surface area contributed by atoms with Gasteiger partial charge in [0, 0.05) is 50.0 Å². The Hall–Kier alpha value is -3.36. The van der Waals surface area contributed by atoms with Gasteiger partial charge in [-0.05, 0) is 25.1 Å². The van der Waals surface area contributed by atoms with Crippen LogP contribution in [0.4, 0.5) is 0 Å². The predicted octanol–water partition coefficient (Wildman–Crippen LogP) is 1.18. The zero-order valence-corrected chi connectivity index (χ0v) is 17.0. The number of imide groups is 1. The lowest BCUT2D eigenvalue weighted by Gasteiger charge is -2.35. The summed E-state index contributed by atoms with van der Waals surface area (Å²) < 4.78 is 11.0. The second-order valence-electron chi connectivity index (χ2n) is 7.46. The number of amides is 4. The second-order valence-corrected chi connectivity index (χ2v) is 7.46. The van der Waals surface area contributed by atoms with E-state index in [4.69, 9.17) is 9.15 Å². The van der Waals surface area contributed by atoms with E-state index in [1.54, 1.807) is 29.0 Å². The minimum absolute atomic E-state index is 0.164. The van der Waals surface area contributed by atoms with Gasteiger partial charge in [-0.2, -0.15) is 0 Å². The van der Waals surface area contributed by atoms with Gasteiger partial charge in [-0.3, -0.25) is 24.1 Å². The van der Waals surface area contributed by atoms with E-state index in [1.165, 1.54) is 0 Å². The van der Waals surface area contributed by atoms with Crippen LogP contribution in [0.5, 0.6) is 5.75 Å². The number of aryl methyl sites for hydroxylation is 1. The van der Waals surface area contributed by atoms with Crippen molar-refractivity contribution in [3.63, 3.8) is 0 Å². The number of rotatable bonds is 4. The summed E-state index contributed by atoms with van der Waals surface area (Å²) in [6.45, 7) is 3.00. The van der Waals surface area contributed by atoms with Gasteiger partial charge in [0.1, 0.15) is 17.9 Å². The number of nitrogens with zero attached hydrogens (tertiary/aromatic N) is 3. The maximum atomic E-state index is 13.0. The largest absolute Gasteiger partial charge is 0.497 e. The van der Waals surface area contributed by atoms with E-state index in [2.05, 4.69) is 0 Å². The lowest BCUT2D eigenvalue weighted by Crippen LogP contribution is -2.53. The first-order valence-electron chi connectivity index (χ1n) is 9.86. The summed E-state index contributed by atoms with van der Waals surface area (Å²) in [6.07, 6.45) is 0.328. The summed E-state index contributed by atoms with van der Waals surface area (Å²) in [5.74, 6) is -0.144. The number of carbonyl (C=O) groups excluding carboxylic acids is 4. The number of furan rings is 1. The Morgan fingerprint density at radius 3 is 2.30 bits per heavy atom. The molecule has 2 aromatic rings. The lowest BCUT2D eigenvalue weighted by atomic mass is 10.1. The van der Waals surface area contributed by atoms with E-state index in [1.807, 2.05) is 13.0 Å². The summed E-state index contributed by atoms with van der Waals surface area (Å²) in [7, 11) is 1.58. The van der Waals surface area contributed by atoms with Crippen molar-refractivity contribution in [2.75, 3.05) is 39.8 Å². The van der Waals surface area contributed by atoms with Crippen molar-refractivity contribution >= 4 is 34.6 Å². The van der Waals surface area contributed by atoms with Crippen LogP contribution in [0.2, 0.25) is 0 Å². The van der Waals surface area contributed by atoms with Crippen LogP contribution in [0.15, 0.2) is 22.6 Å². The fourth-order valence-corrected chi connectivity index (χ4v) is 3.87. The van der Waals surface area contributed by atoms with Gasteiger partial charge in [0.15, 0.2) is 5.76 Å². The molecule has 2 aliphatic rings. The number of fused-ring (bicyclic) bond motifs is 1. The quantitative estimate of drug-likeness (QED) is 0.698. The van der Waals surface area contributed by atoms with Gasteiger partial charge in [-0.25, -0.2) is 0 Å². The van der Waals surface area contributed by atoms with Crippen LogP contribution in [-0.2, 0) is 14.4 Å². The molecule has 4 amide bonds. The molecule has 0 radical (unpaired) electrons. The van der Waals surface area contributed by atoms with Gasteiger partial charge in [0.2, 0.25) is 17.7 Å². The molecule has 158 valence electrons. The highest BCUT2D eigenvalue weighted by Gasteiger charge is 2.33. The third-order valence-electron chi connectivity index (χ3n) is 5.71. The van der Waals surface area contributed by atoms with Crippen molar-refractivity contribution in [1.82, 2.24) is 14.7 Å². The molecule has 2 aliphatic heterocycles. The predicted molar refractivity (Wildman–Crippen MR) is 106 cm³/mol. The van der Waals surface area contributed by atoms with Crippen molar-refractivity contribution in [3.05, 3.63) is 29.5 Å². The van der Waals surface area contributed by atoms with Crippen molar-refractivity contribution in [2.24, 2.45) is 0 Å². The molecule has 9 heteroatoms. The molecule has 30 heavy (non-hydrogen) atoms. The third kappa shape index (κ3) is 3.51. The Morgan fingerprint density at radius 2 is 1.67 bits per heavy atom. The molecule has 1 aromatic heterocycles. The number of carbonyl (C=O) groups is 4. The smallest absolute Gasteiger partial charge is 0.290 e. The minimum Gasteiger partial charge on any atom is -0.497 e. The molecule has 0 bridgehead atoms. The van der Waals surface area contributed by atoms with Crippen LogP contribution in [0, 0.1) is 6.92 Å². The number of methoxy groups -OCH3 is 1. The molecule has 1 aromatic carbocycles. The summed E-state index contributed by atoms with van der Waals surface area (Å²) in [4.78, 5) is 53.1. The molecule has 0 spiro atoms. The molecule has 0 N–H and O–H groups in total. The molecule has 3 heterocycles. The number of hydrogen-bond donors (Lipinski definition) is 0. The average molecular weight is 413 g/mol. The normalized spacial score (nSPS) is 17.2. The van der Waals surface area contributed by atoms with Gasteiger partial charge >= 0.3 is 0 Å². The fraction of sp³-hybridized carbons (Fsp3) is 0.429. The van der Waals surface area contributed by atoms with Crippen LogP contribution >= 0.6 is 0 Å². The first-order chi connectivity index (χ1) is 14.4. The number of likely N-dealkylation sites (tertiary alicyclic amines) is 1. The van der Waals surface area contributed by atoms with Crippen LogP contribution in [0.1, 0.15) is 29.0 Å². The highest BCUT2D eigenvalue weighted by molar-refractivity contribution is 6.04. The Morgan fingerprint density at radius 1 is 1.03 bits per heavy atom. The summed E-state index contributed by atoms with van der Waals surface area (Å²) in [5.41, 5.74) is 1.36. The van der Waals surface area contributed by atoms with Gasteiger partial charge in [0.05, 0.1) is 7.11 Å². The number of ether oxygens (including phenoxy) is 1. The highest BCUT2D eigenvalue weighted by atomic mass is 16.5. The van der Waals surface area contributed by atoms with E-state index in [9.17, 15) is 19.2 Å². The van der Waals surface area contributed by atoms with Crippen LogP contribution < -0.4 is 4.74 Å². The van der Waals surface area contributed by atoms with E-state index in [0.29, 0.717) is 37.5 Å². The summed E-state index contributed by atoms with van der Waals surface area (Å²) >= 11 is 0. The van der Waals surface area contributed by atoms with Gasteiger partial charge in [-0.15, -0.1) is 0 Å². The Labute approximate surface area is 173 Å². The molecule has 4 rings (SSSR count). The number of benzene rings is 1. The summed E-state index contributed by atoms with van der Waals surface area (Å²) in [6, 6.07) is 5.39. The SMILES string of the molecule is COc1ccc2oc(C(=O)N3CCN(C(=O)CN4C(=O)CCC4=O)CC3)c(C)c2c1. The highest BCUT2D eigenvalue weighted by Crippen LogP contribution is 2.29. The van der Waals surface area contributed by atoms with Crippen molar-refractivity contribution in [1.29, 1.82) is 0 Å². The molecular formula is C21H23N3O6. The van der Waals surface area contributed by atoms with E-state index in [0.717, 1.165) is 15.8 Å². The van der Waals surface area contributed by atoms with E-state index < -0.39 is 0 Å². The summed E-state index contributed by atoms with van der Waals surface area (Å²) in [5, 5.41) is 0.825. The zero-order valence-electron chi connectivity index (χ0n) is 17.0. The monoisotopic (exact) mass is 413 g/mol. The number of hydrogen-bond acceptors (Lipinski definition) is 6. The third-order valence-corrected chi connectivity index (χ3v) is 5.71. The molecule has 0 aliphatic carbocycles. The van der Waals surface area contributed by atoms with E-state index in [-0.39, 0.29) is 48.8 Å². The number of piperazine rings is 1. The molecule has 2 saturated heterocycles. The molecule has 2 fully saturated rings. The van der Waals surface area contributed by atoms with Crippen molar-refractivity contribution in [2.45, 2.75) is 19.8 Å². The van der Waals surface area contributed by atoms with E-state index >= 15 is 0 Å². The van der Waals surface area contributed by atoms with Gasteiger partial charge < -0.3 is 19.0 Å². The van der Waals surface area contributed by atoms with Gasteiger partial charge in [0.25, 0.3) is 5.91 Å². The minimum atomic E-state index is -0.306. The topological polar surface area (TPSA) is 100 Å². The molecule has 0 unspecified atom stereocenters. The average Bonchev–Trinajstić information content (AvgIpc) is 3.26. The Bertz CT molecular complexity index is 1020. The zero-order chi connectivity index (χ0) is 21.4. The molecular weight excluding hydrogens is 390 g/mol. The van der Waals surface area contributed by atoms with Gasteiger partial charge in [-0.1, -0.05) is 0 Å². The molecule has 0 atom stereocenters. The maximum Gasteiger partial charge on any atom is 0.290 e. The van der Waals surface area contributed by atoms with Crippen LogP contribution in [0.3, 0.4) is 0 Å². The first-order valence-corrected chi connectivity index (χ1v) is 9.86. The fourth-order valence-electron chi connectivity index (χ4n) is 3.87.